The molecule has 0 fully saturated rings. The zero-order valence-electron chi connectivity index (χ0n) is 15.2. The molecule has 3 rings (SSSR count). The van der Waals surface area contributed by atoms with E-state index in [0.29, 0.717) is 19.6 Å². The number of hydrogen-bond donors (Lipinski definition) is 0. The van der Waals surface area contributed by atoms with Gasteiger partial charge in [-0.05, 0) is 32.0 Å². The monoisotopic (exact) mass is 370 g/mol. The molecule has 6 heteroatoms. The number of nitrogens with zero attached hydrogens (tertiary/aromatic N) is 2. The van der Waals surface area contributed by atoms with E-state index < -0.39 is 0 Å². The minimum Gasteiger partial charge on any atom is -0.486 e. The van der Waals surface area contributed by atoms with Crippen molar-refractivity contribution >= 4 is 17.3 Å². The highest BCUT2D eigenvalue weighted by atomic mass is 32.1. The second kappa shape index (κ2) is 8.19. The van der Waals surface area contributed by atoms with Crippen LogP contribution < -0.4 is 4.74 Å². The molecular formula is C20H22N2O3S. The van der Waals surface area contributed by atoms with E-state index >= 15 is 0 Å². The summed E-state index contributed by atoms with van der Waals surface area (Å²) in [5.74, 6) is 0.637. The Morgan fingerprint density at radius 2 is 2.00 bits per heavy atom. The topological polar surface area (TPSA) is 53.4 Å². The normalized spacial score (nSPS) is 10.7. The largest absolute Gasteiger partial charge is 0.486 e. The van der Waals surface area contributed by atoms with Crippen molar-refractivity contribution in [2.24, 2.45) is 0 Å². The van der Waals surface area contributed by atoms with E-state index in [2.05, 4.69) is 22.9 Å². The molecule has 3 aromatic rings. The highest BCUT2D eigenvalue weighted by molar-refractivity contribution is 7.09. The van der Waals surface area contributed by atoms with Crippen molar-refractivity contribution in [1.29, 1.82) is 0 Å². The third kappa shape index (κ3) is 4.14. The minimum absolute atomic E-state index is 0.201. The molecule has 0 N–H and O–H groups in total. The van der Waals surface area contributed by atoms with Crippen LogP contribution in [-0.2, 0) is 22.7 Å². The predicted octanol–water partition coefficient (Wildman–Crippen LogP) is 4.37. The average Bonchev–Trinajstić information content (AvgIpc) is 3.23. The van der Waals surface area contributed by atoms with E-state index in [4.69, 9.17) is 14.5 Å². The average molecular weight is 370 g/mol. The summed E-state index contributed by atoms with van der Waals surface area (Å²) >= 11 is 1.59. The Balaban J connectivity index is 1.71. The first-order valence-electron chi connectivity index (χ1n) is 8.44. The maximum atomic E-state index is 11.4. The van der Waals surface area contributed by atoms with Gasteiger partial charge in [0, 0.05) is 28.9 Å². The summed E-state index contributed by atoms with van der Waals surface area (Å²) in [6.07, 6.45) is 0.361. The van der Waals surface area contributed by atoms with Gasteiger partial charge in [0.15, 0.2) is 0 Å². The summed E-state index contributed by atoms with van der Waals surface area (Å²) in [6.45, 7) is 5.16. The molecular weight excluding hydrogens is 348 g/mol. The number of methoxy groups -OCH3 is 1. The molecule has 136 valence electrons. The van der Waals surface area contributed by atoms with Crippen molar-refractivity contribution in [3.05, 3.63) is 58.2 Å². The van der Waals surface area contributed by atoms with Crippen molar-refractivity contribution in [3.63, 3.8) is 0 Å². The Morgan fingerprint density at radius 3 is 2.73 bits per heavy atom. The van der Waals surface area contributed by atoms with Crippen LogP contribution in [0.3, 0.4) is 0 Å². The Hall–Kier alpha value is -2.60. The summed E-state index contributed by atoms with van der Waals surface area (Å²) in [4.78, 5) is 16.1. The van der Waals surface area contributed by atoms with E-state index in [9.17, 15) is 4.79 Å². The van der Waals surface area contributed by atoms with Gasteiger partial charge < -0.3 is 14.0 Å². The number of ether oxygens (including phenoxy) is 2. The second-order valence-electron chi connectivity index (χ2n) is 5.99. The van der Waals surface area contributed by atoms with Crippen molar-refractivity contribution < 1.29 is 14.3 Å². The summed E-state index contributed by atoms with van der Waals surface area (Å²) in [7, 11) is 1.41. The molecule has 0 aliphatic carbocycles. The van der Waals surface area contributed by atoms with Gasteiger partial charge in [-0.3, -0.25) is 4.79 Å². The van der Waals surface area contributed by atoms with Gasteiger partial charge in [0.2, 0.25) is 0 Å². The SMILES string of the molecule is COC(=O)CCn1c(C)cc(-c2csc(COc3ccccc3)n2)c1C. The number of rotatable bonds is 7. The van der Waals surface area contributed by atoms with Gasteiger partial charge in [-0.15, -0.1) is 11.3 Å². The quantitative estimate of drug-likeness (QED) is 0.580. The molecule has 2 aromatic heterocycles. The molecule has 0 spiro atoms. The van der Waals surface area contributed by atoms with Crippen LogP contribution in [0.2, 0.25) is 0 Å². The molecule has 0 saturated carbocycles. The van der Waals surface area contributed by atoms with Crippen molar-refractivity contribution in [2.45, 2.75) is 33.4 Å². The molecule has 1 aromatic carbocycles. The number of benzene rings is 1. The van der Waals surface area contributed by atoms with E-state index in [-0.39, 0.29) is 5.97 Å². The van der Waals surface area contributed by atoms with Gasteiger partial charge >= 0.3 is 5.97 Å². The van der Waals surface area contributed by atoms with Crippen LogP contribution in [0.4, 0.5) is 0 Å². The maximum Gasteiger partial charge on any atom is 0.307 e. The molecule has 0 aliphatic heterocycles. The highest BCUT2D eigenvalue weighted by Crippen LogP contribution is 2.29. The molecule has 0 aliphatic rings. The number of carbonyl (C=O) groups excluding carboxylic acids is 1. The number of thiazole rings is 1. The highest BCUT2D eigenvalue weighted by Gasteiger charge is 2.15. The first kappa shape index (κ1) is 18.2. The van der Waals surface area contributed by atoms with Crippen molar-refractivity contribution in [1.82, 2.24) is 9.55 Å². The summed E-state index contributed by atoms with van der Waals surface area (Å²) in [5.41, 5.74) is 4.25. The number of para-hydroxylation sites is 1. The Morgan fingerprint density at radius 1 is 1.23 bits per heavy atom. The minimum atomic E-state index is -0.201. The molecule has 0 unspecified atom stereocenters. The van der Waals surface area contributed by atoms with E-state index in [0.717, 1.165) is 33.4 Å². The fraction of sp³-hybridized carbons (Fsp3) is 0.300. The van der Waals surface area contributed by atoms with Gasteiger partial charge in [0.1, 0.15) is 17.4 Å². The smallest absolute Gasteiger partial charge is 0.307 e. The zero-order valence-corrected chi connectivity index (χ0v) is 16.0. The summed E-state index contributed by atoms with van der Waals surface area (Å²) < 4.78 is 12.6. The fourth-order valence-corrected chi connectivity index (χ4v) is 3.58. The first-order valence-corrected chi connectivity index (χ1v) is 9.32. The van der Waals surface area contributed by atoms with E-state index in [1.807, 2.05) is 37.3 Å². The Bertz CT molecular complexity index is 884. The van der Waals surface area contributed by atoms with Gasteiger partial charge in [0.25, 0.3) is 0 Å². The lowest BCUT2D eigenvalue weighted by Gasteiger charge is -2.08. The summed E-state index contributed by atoms with van der Waals surface area (Å²) in [5, 5.41) is 2.99. The predicted molar refractivity (Wildman–Crippen MR) is 102 cm³/mol. The maximum absolute atomic E-state index is 11.4. The fourth-order valence-electron chi connectivity index (χ4n) is 2.87. The molecule has 26 heavy (non-hydrogen) atoms. The molecule has 0 radical (unpaired) electrons. The van der Waals surface area contributed by atoms with Crippen LogP contribution in [0.5, 0.6) is 5.75 Å². The standard InChI is InChI=1S/C20H22N2O3S/c1-14-11-17(15(2)22(14)10-9-20(23)24-3)18-13-26-19(21-18)12-25-16-7-5-4-6-8-16/h4-8,11,13H,9-10,12H2,1-3H3. The Labute approximate surface area is 157 Å². The number of hydrogen-bond acceptors (Lipinski definition) is 5. The van der Waals surface area contributed by atoms with E-state index in [1.165, 1.54) is 7.11 Å². The van der Waals surface area contributed by atoms with Gasteiger partial charge in [-0.2, -0.15) is 0 Å². The lowest BCUT2D eigenvalue weighted by Crippen LogP contribution is -2.09. The molecule has 5 nitrogen and oxygen atoms in total. The third-order valence-electron chi connectivity index (χ3n) is 4.27. The number of aryl methyl sites for hydroxylation is 1. The van der Waals surface area contributed by atoms with Crippen LogP contribution in [0.15, 0.2) is 41.8 Å². The summed E-state index contributed by atoms with van der Waals surface area (Å²) in [6, 6.07) is 11.8. The lowest BCUT2D eigenvalue weighted by atomic mass is 10.2. The molecule has 2 heterocycles. The molecule has 0 saturated heterocycles. The van der Waals surface area contributed by atoms with Crippen LogP contribution in [-0.4, -0.2) is 22.6 Å². The van der Waals surface area contributed by atoms with Crippen LogP contribution in [0, 0.1) is 13.8 Å². The number of aromatic nitrogens is 2. The van der Waals surface area contributed by atoms with Gasteiger partial charge in [-0.1, -0.05) is 18.2 Å². The molecule has 0 bridgehead atoms. The number of esters is 1. The van der Waals surface area contributed by atoms with Crippen molar-refractivity contribution in [2.75, 3.05) is 7.11 Å². The first-order chi connectivity index (χ1) is 12.6. The molecule has 0 amide bonds. The third-order valence-corrected chi connectivity index (χ3v) is 5.10. The molecule has 0 atom stereocenters. The second-order valence-corrected chi connectivity index (χ2v) is 6.93. The van der Waals surface area contributed by atoms with Crippen LogP contribution in [0.1, 0.15) is 22.8 Å². The van der Waals surface area contributed by atoms with Crippen LogP contribution in [0.25, 0.3) is 11.3 Å². The van der Waals surface area contributed by atoms with Crippen molar-refractivity contribution in [3.8, 4) is 17.0 Å². The van der Waals surface area contributed by atoms with Crippen LogP contribution >= 0.6 is 11.3 Å². The van der Waals surface area contributed by atoms with Gasteiger partial charge in [0.05, 0.1) is 19.2 Å². The Kier molecular flexibility index (Phi) is 5.73. The van der Waals surface area contributed by atoms with E-state index in [1.54, 1.807) is 11.3 Å². The zero-order chi connectivity index (χ0) is 18.5. The number of carbonyl (C=O) groups is 1. The van der Waals surface area contributed by atoms with Gasteiger partial charge in [-0.25, -0.2) is 4.98 Å². The lowest BCUT2D eigenvalue weighted by molar-refractivity contribution is -0.140.